The zero-order valence-electron chi connectivity index (χ0n) is 18.5. The molecule has 1 saturated heterocycles. The lowest BCUT2D eigenvalue weighted by Gasteiger charge is -2.35. The van der Waals surface area contributed by atoms with Crippen LogP contribution in [0.5, 0.6) is 0 Å². The number of benzene rings is 2. The van der Waals surface area contributed by atoms with Crippen LogP contribution in [0.15, 0.2) is 52.9 Å². The van der Waals surface area contributed by atoms with Crippen LogP contribution in [0.2, 0.25) is 0 Å². The Morgan fingerprint density at radius 2 is 1.61 bits per heavy atom. The summed E-state index contributed by atoms with van der Waals surface area (Å²) in [6.45, 7) is 0.0702. The molecule has 4 rings (SSSR count). The van der Waals surface area contributed by atoms with Crippen molar-refractivity contribution in [2.45, 2.75) is 24.9 Å². The average Bonchev–Trinajstić information content (AvgIpc) is 3.27. The van der Waals surface area contributed by atoms with Gasteiger partial charge in [-0.05, 0) is 42.0 Å². The molecule has 196 valence electrons. The molecule has 0 radical (unpaired) electrons. The second-order valence-electron chi connectivity index (χ2n) is 8.19. The highest BCUT2D eigenvalue weighted by atomic mass is 35.5. The van der Waals surface area contributed by atoms with Crippen LogP contribution in [-0.2, 0) is 17.3 Å². The first kappa shape index (κ1) is 27.9. The van der Waals surface area contributed by atoms with Gasteiger partial charge >= 0.3 is 12.4 Å². The Morgan fingerprint density at radius 3 is 2.22 bits per heavy atom. The normalized spacial score (nSPS) is 18.0. The lowest BCUT2D eigenvalue weighted by atomic mass is 10.0. The van der Waals surface area contributed by atoms with E-state index in [9.17, 15) is 30.7 Å². The molecule has 5 nitrogen and oxygen atoms in total. The quantitative estimate of drug-likeness (QED) is 0.354. The van der Waals surface area contributed by atoms with Crippen molar-refractivity contribution >= 4 is 12.4 Å². The van der Waals surface area contributed by atoms with Crippen molar-refractivity contribution in [3.05, 3.63) is 71.4 Å². The van der Waals surface area contributed by atoms with E-state index in [2.05, 4.69) is 10.2 Å². The molecule has 0 saturated carbocycles. The fraction of sp³-hybridized carbons (Fsp3) is 0.391. The third-order valence-electron chi connectivity index (χ3n) is 5.68. The fourth-order valence-electron chi connectivity index (χ4n) is 3.81. The van der Waals surface area contributed by atoms with Gasteiger partial charge in [0, 0.05) is 31.6 Å². The van der Waals surface area contributed by atoms with Crippen LogP contribution in [0, 0.1) is 11.7 Å². The highest BCUT2D eigenvalue weighted by Crippen LogP contribution is 2.33. The van der Waals surface area contributed by atoms with Gasteiger partial charge in [-0.25, -0.2) is 4.39 Å². The summed E-state index contributed by atoms with van der Waals surface area (Å²) < 4.78 is 104. The molecule has 0 aliphatic carbocycles. The van der Waals surface area contributed by atoms with Crippen LogP contribution in [0.4, 0.5) is 30.7 Å². The standard InChI is InChI=1S/C23H20F7N3O2.ClH/c24-18-7-3-15(4-8-18)21-32-31-20(35-21)11-17(23(28,29)30)12-33-9-10-34-19(13-33)14-1-5-16(6-2-14)22(25,26)27;/h1-8,17,19H,9-13H2;1H. The van der Waals surface area contributed by atoms with Gasteiger partial charge < -0.3 is 9.15 Å². The van der Waals surface area contributed by atoms with E-state index in [1.807, 2.05) is 0 Å². The third kappa shape index (κ3) is 6.95. The summed E-state index contributed by atoms with van der Waals surface area (Å²) in [5, 5.41) is 7.46. The molecule has 0 amide bonds. The maximum atomic E-state index is 13.8. The first-order valence-electron chi connectivity index (χ1n) is 10.6. The van der Waals surface area contributed by atoms with Gasteiger partial charge in [-0.3, -0.25) is 4.90 Å². The van der Waals surface area contributed by atoms with E-state index >= 15 is 0 Å². The molecule has 2 aromatic carbocycles. The summed E-state index contributed by atoms with van der Waals surface area (Å²) in [6.07, 6.45) is -10.3. The van der Waals surface area contributed by atoms with Gasteiger partial charge in [0.05, 0.1) is 24.2 Å². The first-order valence-corrected chi connectivity index (χ1v) is 10.6. The lowest BCUT2D eigenvalue weighted by Crippen LogP contribution is -2.44. The number of halogens is 8. The number of ether oxygens (including phenoxy) is 1. The molecule has 0 N–H and O–H groups in total. The molecular weight excluding hydrogens is 519 g/mol. The largest absolute Gasteiger partial charge is 0.421 e. The zero-order valence-corrected chi connectivity index (χ0v) is 19.3. The SMILES string of the molecule is Cl.Fc1ccc(-c2nnc(CC(CN3CCOC(c4ccc(C(F)(F)F)cc4)C3)C(F)(F)F)o2)cc1. The smallest absolute Gasteiger partial charge is 0.416 e. The zero-order chi connectivity index (χ0) is 25.2. The Bertz CT molecular complexity index is 1120. The van der Waals surface area contributed by atoms with Crippen LogP contribution in [0.3, 0.4) is 0 Å². The molecule has 2 atom stereocenters. The van der Waals surface area contributed by atoms with Crippen LogP contribution in [0.1, 0.15) is 23.1 Å². The summed E-state index contributed by atoms with van der Waals surface area (Å²) in [5.41, 5.74) is 0.0129. The maximum Gasteiger partial charge on any atom is 0.416 e. The van der Waals surface area contributed by atoms with Crippen LogP contribution in [-0.4, -0.2) is 47.5 Å². The average molecular weight is 540 g/mol. The number of morpholine rings is 1. The highest BCUT2D eigenvalue weighted by Gasteiger charge is 2.42. The van der Waals surface area contributed by atoms with Crippen LogP contribution < -0.4 is 0 Å². The van der Waals surface area contributed by atoms with Gasteiger partial charge in [0.1, 0.15) is 5.82 Å². The summed E-state index contributed by atoms with van der Waals surface area (Å²) in [4.78, 5) is 1.56. The fourth-order valence-corrected chi connectivity index (χ4v) is 3.81. The first-order chi connectivity index (χ1) is 16.5. The van der Waals surface area contributed by atoms with Gasteiger partial charge in [-0.2, -0.15) is 26.3 Å². The van der Waals surface area contributed by atoms with E-state index in [0.717, 1.165) is 12.1 Å². The predicted molar refractivity (Wildman–Crippen MR) is 117 cm³/mol. The Labute approximate surface area is 207 Å². The number of rotatable bonds is 6. The molecule has 2 unspecified atom stereocenters. The minimum Gasteiger partial charge on any atom is -0.421 e. The van der Waals surface area contributed by atoms with Crippen molar-refractivity contribution in [3.8, 4) is 11.5 Å². The van der Waals surface area contributed by atoms with Crippen molar-refractivity contribution in [1.29, 1.82) is 0 Å². The molecule has 2 heterocycles. The number of alkyl halides is 6. The molecular formula is C23H21ClF7N3O2. The molecule has 1 fully saturated rings. The number of hydrogen-bond donors (Lipinski definition) is 0. The lowest BCUT2D eigenvalue weighted by molar-refractivity contribution is -0.183. The molecule has 0 spiro atoms. The minimum atomic E-state index is -4.56. The van der Waals surface area contributed by atoms with Crippen LogP contribution >= 0.6 is 12.4 Å². The number of hydrogen-bond acceptors (Lipinski definition) is 5. The molecule has 36 heavy (non-hydrogen) atoms. The minimum absolute atomic E-state index is 0. The van der Waals surface area contributed by atoms with Gasteiger partial charge in [0.2, 0.25) is 11.8 Å². The molecule has 13 heteroatoms. The van der Waals surface area contributed by atoms with Crippen molar-refractivity contribution in [3.63, 3.8) is 0 Å². The van der Waals surface area contributed by atoms with E-state index in [0.29, 0.717) is 11.1 Å². The topological polar surface area (TPSA) is 51.4 Å². The van der Waals surface area contributed by atoms with Crippen molar-refractivity contribution in [2.24, 2.45) is 5.92 Å². The van der Waals surface area contributed by atoms with E-state index in [1.165, 1.54) is 36.4 Å². The summed E-state index contributed by atoms with van der Waals surface area (Å²) >= 11 is 0. The third-order valence-corrected chi connectivity index (χ3v) is 5.68. The van der Waals surface area contributed by atoms with Gasteiger partial charge in [-0.15, -0.1) is 22.6 Å². The van der Waals surface area contributed by atoms with Gasteiger partial charge in [-0.1, -0.05) is 12.1 Å². The van der Waals surface area contributed by atoms with Gasteiger partial charge in [0.15, 0.2) is 0 Å². The monoisotopic (exact) mass is 539 g/mol. The summed E-state index contributed by atoms with van der Waals surface area (Å²) in [5.74, 6) is -2.53. The molecule has 1 aliphatic rings. The van der Waals surface area contributed by atoms with E-state index in [-0.39, 0.29) is 50.4 Å². The second kappa shape index (κ2) is 11.1. The Balaban J connectivity index is 0.00000361. The van der Waals surface area contributed by atoms with Crippen molar-refractivity contribution in [2.75, 3.05) is 26.2 Å². The summed E-state index contributed by atoms with van der Waals surface area (Å²) in [7, 11) is 0. The van der Waals surface area contributed by atoms with Crippen LogP contribution in [0.25, 0.3) is 11.5 Å². The molecule has 1 aliphatic heterocycles. The van der Waals surface area contributed by atoms with E-state index in [1.54, 1.807) is 4.90 Å². The van der Waals surface area contributed by atoms with E-state index < -0.39 is 42.2 Å². The predicted octanol–water partition coefficient (Wildman–Crippen LogP) is 6.11. The summed E-state index contributed by atoms with van der Waals surface area (Å²) in [6, 6.07) is 9.48. The number of nitrogens with zero attached hydrogens (tertiary/aromatic N) is 3. The Hall–Kier alpha value is -2.70. The maximum absolute atomic E-state index is 13.8. The van der Waals surface area contributed by atoms with Crippen molar-refractivity contribution < 1.29 is 39.9 Å². The Kier molecular flexibility index (Phi) is 8.63. The van der Waals surface area contributed by atoms with Gasteiger partial charge in [0.25, 0.3) is 0 Å². The second-order valence-corrected chi connectivity index (χ2v) is 8.19. The number of aromatic nitrogens is 2. The van der Waals surface area contributed by atoms with E-state index in [4.69, 9.17) is 9.15 Å². The molecule has 3 aromatic rings. The molecule has 0 bridgehead atoms. The molecule has 1 aromatic heterocycles. The van der Waals surface area contributed by atoms with Crippen molar-refractivity contribution in [1.82, 2.24) is 15.1 Å². The Morgan fingerprint density at radius 1 is 0.944 bits per heavy atom. The highest BCUT2D eigenvalue weighted by molar-refractivity contribution is 5.85.